The van der Waals surface area contributed by atoms with E-state index in [0.717, 1.165) is 32.1 Å². The molecule has 48 heavy (non-hydrogen) atoms. The van der Waals surface area contributed by atoms with E-state index >= 15 is 0 Å². The molecular weight excluding hydrogens is 614 g/mol. The third-order valence-electron chi connectivity index (χ3n) is 10.6. The van der Waals surface area contributed by atoms with E-state index in [2.05, 4.69) is 18.5 Å². The van der Waals surface area contributed by atoms with Crippen molar-refractivity contribution in [2.45, 2.75) is 107 Å². The van der Waals surface area contributed by atoms with Crippen molar-refractivity contribution in [2.24, 2.45) is 11.8 Å². The number of amides is 3. The first-order chi connectivity index (χ1) is 23.2. The Morgan fingerprint density at radius 1 is 1.15 bits per heavy atom. The molecule has 2 N–H and O–H groups in total. The van der Waals surface area contributed by atoms with E-state index in [1.807, 2.05) is 35.2 Å². The Morgan fingerprint density at radius 3 is 2.52 bits per heavy atom. The largest absolute Gasteiger partial charge is 0.455 e. The van der Waals surface area contributed by atoms with Crippen LogP contribution in [0.25, 0.3) is 0 Å². The van der Waals surface area contributed by atoms with Crippen molar-refractivity contribution in [3.63, 3.8) is 0 Å². The minimum absolute atomic E-state index is 0.0199. The minimum atomic E-state index is -1.23. The number of carbonyl (C=O) groups is 4. The number of ether oxygens (including phenoxy) is 3. The van der Waals surface area contributed by atoms with Crippen molar-refractivity contribution >= 4 is 23.7 Å². The molecule has 2 bridgehead atoms. The van der Waals surface area contributed by atoms with Crippen LogP contribution in [0.4, 0.5) is 0 Å². The number of hydrogen-bond donors (Lipinski definition) is 2. The van der Waals surface area contributed by atoms with Crippen molar-refractivity contribution in [1.29, 1.82) is 0 Å². The van der Waals surface area contributed by atoms with Crippen molar-refractivity contribution in [3.8, 4) is 0 Å². The van der Waals surface area contributed by atoms with E-state index in [0.29, 0.717) is 31.4 Å². The number of carbonyl (C=O) groups excluding carboxylic acids is 4. The molecule has 4 aliphatic rings. The van der Waals surface area contributed by atoms with Crippen LogP contribution in [0.5, 0.6) is 0 Å². The fourth-order valence-electron chi connectivity index (χ4n) is 8.43. The van der Waals surface area contributed by atoms with Crippen LogP contribution in [0.3, 0.4) is 0 Å². The maximum atomic E-state index is 14.7. The lowest BCUT2D eigenvalue weighted by atomic mass is 9.70. The Kier molecular flexibility index (Phi) is 11.8. The zero-order chi connectivity index (χ0) is 34.4. The Bertz CT molecular complexity index is 1330. The van der Waals surface area contributed by atoms with Gasteiger partial charge in [0.2, 0.25) is 17.7 Å². The van der Waals surface area contributed by atoms with E-state index in [1.54, 1.807) is 19.1 Å². The molecule has 262 valence electrons. The van der Waals surface area contributed by atoms with Crippen molar-refractivity contribution in [1.82, 2.24) is 15.1 Å². The highest BCUT2D eigenvalue weighted by Crippen LogP contribution is 2.59. The number of nitrogens with zero attached hydrogens (tertiary/aromatic N) is 2. The minimum Gasteiger partial charge on any atom is -0.455 e. The molecule has 1 aliphatic carbocycles. The molecule has 11 nitrogen and oxygen atoms in total. The molecule has 1 aromatic rings. The van der Waals surface area contributed by atoms with E-state index < -0.39 is 53.7 Å². The lowest BCUT2D eigenvalue weighted by Gasteiger charge is -2.41. The molecule has 3 amide bonds. The third-order valence-corrected chi connectivity index (χ3v) is 10.6. The zero-order valence-electron chi connectivity index (χ0n) is 28.3. The molecular formula is C37H51N3O8. The Balaban J connectivity index is 1.47. The van der Waals surface area contributed by atoms with Gasteiger partial charge in [0.05, 0.1) is 43.2 Å². The summed E-state index contributed by atoms with van der Waals surface area (Å²) in [5, 5.41) is 13.2. The van der Waals surface area contributed by atoms with Crippen molar-refractivity contribution in [3.05, 3.63) is 61.2 Å². The Labute approximate surface area is 283 Å². The topological polar surface area (TPSA) is 135 Å². The van der Waals surface area contributed by atoms with Crippen LogP contribution in [-0.4, -0.2) is 101 Å². The molecule has 0 unspecified atom stereocenters. The molecule has 8 atom stereocenters. The summed E-state index contributed by atoms with van der Waals surface area (Å²) in [6, 6.07) is 6.76. The summed E-state index contributed by atoms with van der Waals surface area (Å²) >= 11 is 0. The highest BCUT2D eigenvalue weighted by atomic mass is 16.6. The van der Waals surface area contributed by atoms with Crippen molar-refractivity contribution < 1.29 is 38.5 Å². The summed E-state index contributed by atoms with van der Waals surface area (Å²) < 4.78 is 18.4. The second-order valence-electron chi connectivity index (χ2n) is 13.6. The number of esters is 1. The number of benzene rings is 1. The Hall–Kier alpha value is -3.54. The maximum absolute atomic E-state index is 14.7. The molecule has 0 radical (unpaired) electrons. The molecule has 1 aromatic carbocycles. The van der Waals surface area contributed by atoms with Gasteiger partial charge in [-0.05, 0) is 44.6 Å². The summed E-state index contributed by atoms with van der Waals surface area (Å²) in [5.74, 6) is -3.40. The van der Waals surface area contributed by atoms with Crippen LogP contribution in [0.2, 0.25) is 0 Å². The van der Waals surface area contributed by atoms with Gasteiger partial charge in [-0.1, -0.05) is 61.7 Å². The van der Waals surface area contributed by atoms with Gasteiger partial charge in [-0.25, -0.2) is 0 Å². The second-order valence-corrected chi connectivity index (χ2v) is 13.6. The van der Waals surface area contributed by atoms with Gasteiger partial charge in [0.1, 0.15) is 17.7 Å². The van der Waals surface area contributed by atoms with Gasteiger partial charge in [0.15, 0.2) is 0 Å². The smallest absolute Gasteiger partial charge is 0.313 e. The van der Waals surface area contributed by atoms with Gasteiger partial charge in [-0.15, -0.1) is 13.2 Å². The van der Waals surface area contributed by atoms with Crippen LogP contribution in [0.1, 0.15) is 76.4 Å². The molecule has 3 saturated heterocycles. The zero-order valence-corrected chi connectivity index (χ0v) is 28.3. The number of allylic oxidation sites excluding steroid dienone is 1. The highest BCUT2D eigenvalue weighted by Gasteiger charge is 2.75. The first kappa shape index (κ1) is 35.8. The van der Waals surface area contributed by atoms with Gasteiger partial charge in [0, 0.05) is 26.1 Å². The predicted octanol–water partition coefficient (Wildman–Crippen LogP) is 3.47. The molecule has 3 heterocycles. The van der Waals surface area contributed by atoms with Gasteiger partial charge in [-0.3, -0.25) is 19.2 Å². The number of methoxy groups -OCH3 is 1. The first-order valence-corrected chi connectivity index (χ1v) is 17.4. The number of aliphatic hydroxyl groups is 1. The quantitative estimate of drug-likeness (QED) is 0.203. The second kappa shape index (κ2) is 15.8. The van der Waals surface area contributed by atoms with Gasteiger partial charge < -0.3 is 34.4 Å². The standard InChI is InChI=1S/C37H51N3O8/c1-5-7-18-29(42)38-27(23-46-4)32(25-14-10-8-11-15-25)47-36(45)30-28-19-20-37(48-28)31(30)34(43)40(24(3)22-41)33(37)35(44)39(21-6-2)26-16-12-9-13-17-26/h5-6,8,10-11,14-15,24,26-28,30-33,41H,1-2,7,9,12-13,16-23H2,3-4H3,(H,38,42)/t24-,27-,28+,30-,31-,32-,33+,37-/m1/s1. The molecule has 1 saturated carbocycles. The molecule has 3 aliphatic heterocycles. The van der Waals surface area contributed by atoms with Crippen LogP contribution < -0.4 is 5.32 Å². The first-order valence-electron chi connectivity index (χ1n) is 17.4. The summed E-state index contributed by atoms with van der Waals surface area (Å²) in [7, 11) is 1.51. The summed E-state index contributed by atoms with van der Waals surface area (Å²) in [6.07, 6.45) is 8.37. The summed E-state index contributed by atoms with van der Waals surface area (Å²) in [6.45, 7) is 9.36. The van der Waals surface area contributed by atoms with Crippen molar-refractivity contribution in [2.75, 3.05) is 26.9 Å². The average molecular weight is 666 g/mol. The maximum Gasteiger partial charge on any atom is 0.313 e. The van der Waals surface area contributed by atoms with E-state index in [-0.39, 0.29) is 43.4 Å². The number of rotatable bonds is 16. The van der Waals surface area contributed by atoms with E-state index in [4.69, 9.17) is 14.2 Å². The predicted molar refractivity (Wildman–Crippen MR) is 178 cm³/mol. The van der Waals surface area contributed by atoms with Crippen LogP contribution in [-0.2, 0) is 33.4 Å². The monoisotopic (exact) mass is 665 g/mol. The van der Waals surface area contributed by atoms with Gasteiger partial charge in [-0.2, -0.15) is 0 Å². The fourth-order valence-corrected chi connectivity index (χ4v) is 8.43. The average Bonchev–Trinajstić information content (AvgIpc) is 3.76. The molecule has 0 aromatic heterocycles. The Morgan fingerprint density at radius 2 is 1.88 bits per heavy atom. The highest BCUT2D eigenvalue weighted by molar-refractivity contribution is 5.98. The summed E-state index contributed by atoms with van der Waals surface area (Å²) in [5.41, 5.74) is -0.572. The van der Waals surface area contributed by atoms with Crippen LogP contribution in [0.15, 0.2) is 55.6 Å². The number of aliphatic hydroxyl groups excluding tert-OH is 1. The molecule has 5 rings (SSSR count). The number of nitrogens with one attached hydrogen (secondary N) is 1. The van der Waals surface area contributed by atoms with E-state index in [9.17, 15) is 24.3 Å². The van der Waals surface area contributed by atoms with Crippen LogP contribution in [0, 0.1) is 11.8 Å². The lowest BCUT2D eigenvalue weighted by molar-refractivity contribution is -0.163. The lowest BCUT2D eigenvalue weighted by Crippen LogP contribution is -2.60. The normalized spacial score (nSPS) is 28.3. The fraction of sp³-hybridized carbons (Fsp3) is 0.622. The molecule has 4 fully saturated rings. The van der Waals surface area contributed by atoms with Gasteiger partial charge in [0.25, 0.3) is 0 Å². The number of fused-ring (bicyclic) bond motifs is 1. The SMILES string of the molecule is C=CCCC(=O)N[C@H](COC)[C@H](OC(=O)[C@@H]1[C@@H]2CC[C@]3(O2)[C@H](C(=O)N(CC=C)C2CCCCC2)N([C@H](C)CO)C(=O)[C@@H]13)c1ccccc1. The van der Waals surface area contributed by atoms with E-state index in [1.165, 1.54) is 12.0 Å². The third kappa shape index (κ3) is 6.82. The molecule has 11 heteroatoms. The number of hydrogen-bond acceptors (Lipinski definition) is 8. The van der Waals surface area contributed by atoms with Crippen LogP contribution >= 0.6 is 0 Å². The number of likely N-dealkylation sites (tertiary alicyclic amines) is 1. The van der Waals surface area contributed by atoms with Gasteiger partial charge >= 0.3 is 5.97 Å². The summed E-state index contributed by atoms with van der Waals surface area (Å²) in [4.78, 5) is 59.6. The molecule has 1 spiro atoms.